The summed E-state index contributed by atoms with van der Waals surface area (Å²) in [6.45, 7) is 0.551. The standard InChI is InChI=1S/C20H15ClO2/c1-22-15-9-6-13(7-10-15)16-11-8-14-12-23-18-5-3-2-4-17(18)19(14)20(16)21/h2-11H,12H2,1H3. The van der Waals surface area contributed by atoms with E-state index in [4.69, 9.17) is 21.1 Å². The Bertz CT molecular complexity index is 869. The van der Waals surface area contributed by atoms with Gasteiger partial charge < -0.3 is 9.47 Å². The average Bonchev–Trinajstić information content (AvgIpc) is 2.62. The van der Waals surface area contributed by atoms with Gasteiger partial charge in [-0.2, -0.15) is 0 Å². The fraction of sp³-hybridized carbons (Fsp3) is 0.100. The van der Waals surface area contributed by atoms with Crippen LogP contribution in [0.3, 0.4) is 0 Å². The lowest BCUT2D eigenvalue weighted by atomic mass is 9.92. The minimum atomic E-state index is 0.551. The maximum atomic E-state index is 6.78. The Morgan fingerprint density at radius 3 is 2.48 bits per heavy atom. The number of para-hydroxylation sites is 1. The first-order valence-corrected chi connectivity index (χ1v) is 7.84. The van der Waals surface area contributed by atoms with Crippen LogP contribution in [0.4, 0.5) is 0 Å². The zero-order valence-corrected chi connectivity index (χ0v) is 13.4. The molecule has 0 aliphatic carbocycles. The molecule has 1 aliphatic rings. The summed E-state index contributed by atoms with van der Waals surface area (Å²) in [6.07, 6.45) is 0. The van der Waals surface area contributed by atoms with Gasteiger partial charge in [-0.1, -0.05) is 54.1 Å². The van der Waals surface area contributed by atoms with Crippen LogP contribution < -0.4 is 9.47 Å². The lowest BCUT2D eigenvalue weighted by molar-refractivity contribution is 0.302. The van der Waals surface area contributed by atoms with Gasteiger partial charge in [-0.15, -0.1) is 0 Å². The topological polar surface area (TPSA) is 18.5 Å². The molecule has 0 unspecified atom stereocenters. The van der Waals surface area contributed by atoms with Crippen LogP contribution in [0.25, 0.3) is 22.3 Å². The molecular weight excluding hydrogens is 308 g/mol. The molecule has 3 heteroatoms. The van der Waals surface area contributed by atoms with Gasteiger partial charge in [0, 0.05) is 16.7 Å². The van der Waals surface area contributed by atoms with Crippen LogP contribution in [0.15, 0.2) is 60.7 Å². The maximum Gasteiger partial charge on any atom is 0.127 e. The number of halogens is 1. The molecule has 3 aromatic rings. The van der Waals surface area contributed by atoms with Crippen LogP contribution in [0, 0.1) is 0 Å². The molecule has 0 fully saturated rings. The maximum absolute atomic E-state index is 6.78. The first-order chi connectivity index (χ1) is 11.3. The summed E-state index contributed by atoms with van der Waals surface area (Å²) in [5, 5.41) is 0.767. The Hall–Kier alpha value is -2.45. The Morgan fingerprint density at radius 1 is 0.913 bits per heavy atom. The van der Waals surface area contributed by atoms with E-state index < -0.39 is 0 Å². The molecule has 0 aromatic heterocycles. The van der Waals surface area contributed by atoms with Gasteiger partial charge in [-0.3, -0.25) is 0 Å². The molecule has 0 N–H and O–H groups in total. The SMILES string of the molecule is COc1ccc(-c2ccc3c(c2Cl)-c2ccccc2OC3)cc1. The molecular formula is C20H15ClO2. The second kappa shape index (κ2) is 5.64. The summed E-state index contributed by atoms with van der Waals surface area (Å²) < 4.78 is 11.0. The molecule has 1 aliphatic heterocycles. The molecule has 2 nitrogen and oxygen atoms in total. The highest BCUT2D eigenvalue weighted by atomic mass is 35.5. The fourth-order valence-electron chi connectivity index (χ4n) is 2.98. The number of benzene rings is 3. The van der Waals surface area contributed by atoms with Gasteiger partial charge in [0.05, 0.1) is 12.1 Å². The van der Waals surface area contributed by atoms with E-state index in [0.717, 1.165) is 44.3 Å². The predicted molar refractivity (Wildman–Crippen MR) is 93.2 cm³/mol. The van der Waals surface area contributed by atoms with Gasteiger partial charge in [0.1, 0.15) is 18.1 Å². The molecule has 4 rings (SSSR count). The van der Waals surface area contributed by atoms with E-state index in [0.29, 0.717) is 6.61 Å². The van der Waals surface area contributed by atoms with Gasteiger partial charge in [0.15, 0.2) is 0 Å². The third-order valence-electron chi connectivity index (χ3n) is 4.17. The number of ether oxygens (including phenoxy) is 2. The van der Waals surface area contributed by atoms with Crippen molar-refractivity contribution in [2.45, 2.75) is 6.61 Å². The number of rotatable bonds is 2. The lowest BCUT2D eigenvalue weighted by Gasteiger charge is -2.23. The van der Waals surface area contributed by atoms with E-state index in [9.17, 15) is 0 Å². The molecule has 0 saturated carbocycles. The summed E-state index contributed by atoms with van der Waals surface area (Å²) in [6, 6.07) is 20.1. The van der Waals surface area contributed by atoms with Crippen molar-refractivity contribution in [3.05, 3.63) is 71.2 Å². The van der Waals surface area contributed by atoms with Gasteiger partial charge in [-0.25, -0.2) is 0 Å². The number of fused-ring (bicyclic) bond motifs is 3. The Balaban J connectivity index is 1.89. The normalized spacial score (nSPS) is 12.1. The molecule has 0 saturated heterocycles. The van der Waals surface area contributed by atoms with Crippen LogP contribution >= 0.6 is 11.6 Å². The predicted octanol–water partition coefficient (Wildman–Crippen LogP) is 5.58. The molecule has 0 atom stereocenters. The minimum absolute atomic E-state index is 0.551. The van der Waals surface area contributed by atoms with Gasteiger partial charge >= 0.3 is 0 Å². The molecule has 0 spiro atoms. The quantitative estimate of drug-likeness (QED) is 0.613. The van der Waals surface area contributed by atoms with Crippen molar-refractivity contribution in [3.63, 3.8) is 0 Å². The van der Waals surface area contributed by atoms with Gasteiger partial charge in [0.25, 0.3) is 0 Å². The van der Waals surface area contributed by atoms with E-state index >= 15 is 0 Å². The van der Waals surface area contributed by atoms with E-state index in [1.165, 1.54) is 0 Å². The summed E-state index contributed by atoms with van der Waals surface area (Å²) in [4.78, 5) is 0. The number of hydrogen-bond donors (Lipinski definition) is 0. The van der Waals surface area contributed by atoms with Gasteiger partial charge in [-0.05, 0) is 29.3 Å². The van der Waals surface area contributed by atoms with E-state index in [2.05, 4.69) is 18.2 Å². The van der Waals surface area contributed by atoms with Crippen LogP contribution in [0.2, 0.25) is 5.02 Å². The largest absolute Gasteiger partial charge is 0.497 e. The summed E-state index contributed by atoms with van der Waals surface area (Å²) in [5.41, 5.74) is 5.33. The summed E-state index contributed by atoms with van der Waals surface area (Å²) in [5.74, 6) is 1.72. The van der Waals surface area contributed by atoms with E-state index in [1.807, 2.05) is 42.5 Å². The third kappa shape index (κ3) is 2.36. The zero-order valence-electron chi connectivity index (χ0n) is 12.7. The summed E-state index contributed by atoms with van der Waals surface area (Å²) >= 11 is 6.78. The van der Waals surface area contributed by atoms with Crippen molar-refractivity contribution in [1.82, 2.24) is 0 Å². The highest BCUT2D eigenvalue weighted by molar-refractivity contribution is 6.36. The smallest absolute Gasteiger partial charge is 0.127 e. The highest BCUT2D eigenvalue weighted by Gasteiger charge is 2.21. The third-order valence-corrected chi connectivity index (χ3v) is 4.56. The van der Waals surface area contributed by atoms with Crippen LogP contribution in [0.5, 0.6) is 11.5 Å². The van der Waals surface area contributed by atoms with Crippen molar-refractivity contribution >= 4 is 11.6 Å². The van der Waals surface area contributed by atoms with Crippen molar-refractivity contribution in [2.24, 2.45) is 0 Å². The molecule has 3 aromatic carbocycles. The molecule has 23 heavy (non-hydrogen) atoms. The number of methoxy groups -OCH3 is 1. The van der Waals surface area contributed by atoms with Crippen LogP contribution in [0.1, 0.15) is 5.56 Å². The van der Waals surface area contributed by atoms with Crippen molar-refractivity contribution in [3.8, 4) is 33.8 Å². The molecule has 114 valence electrons. The second-order valence-corrected chi connectivity index (χ2v) is 5.85. The Morgan fingerprint density at radius 2 is 1.70 bits per heavy atom. The summed E-state index contributed by atoms with van der Waals surface area (Å²) in [7, 11) is 1.66. The highest BCUT2D eigenvalue weighted by Crippen LogP contribution is 2.45. The molecule has 0 bridgehead atoms. The van der Waals surface area contributed by atoms with E-state index in [1.54, 1.807) is 7.11 Å². The second-order valence-electron chi connectivity index (χ2n) is 5.47. The average molecular weight is 323 g/mol. The monoisotopic (exact) mass is 322 g/mol. The molecule has 0 radical (unpaired) electrons. The van der Waals surface area contributed by atoms with Crippen LogP contribution in [-0.2, 0) is 6.61 Å². The lowest BCUT2D eigenvalue weighted by Crippen LogP contribution is -2.06. The molecule has 1 heterocycles. The fourth-order valence-corrected chi connectivity index (χ4v) is 3.37. The molecule has 0 amide bonds. The van der Waals surface area contributed by atoms with Crippen LogP contribution in [-0.4, -0.2) is 7.11 Å². The Kier molecular flexibility index (Phi) is 3.47. The van der Waals surface area contributed by atoms with Crippen molar-refractivity contribution < 1.29 is 9.47 Å². The first-order valence-electron chi connectivity index (χ1n) is 7.46. The van der Waals surface area contributed by atoms with Crippen molar-refractivity contribution in [1.29, 1.82) is 0 Å². The zero-order chi connectivity index (χ0) is 15.8. The first kappa shape index (κ1) is 14.2. The Labute approximate surface area is 140 Å². The minimum Gasteiger partial charge on any atom is -0.497 e. The van der Waals surface area contributed by atoms with Gasteiger partial charge in [0.2, 0.25) is 0 Å². The van der Waals surface area contributed by atoms with Crippen molar-refractivity contribution in [2.75, 3.05) is 7.11 Å². The number of hydrogen-bond acceptors (Lipinski definition) is 2. The van der Waals surface area contributed by atoms with E-state index in [-0.39, 0.29) is 0 Å².